The summed E-state index contributed by atoms with van der Waals surface area (Å²) in [7, 11) is 0. The van der Waals surface area contributed by atoms with E-state index in [1.807, 2.05) is 12.2 Å². The van der Waals surface area contributed by atoms with E-state index >= 15 is 0 Å². The number of fused-ring (bicyclic) bond motifs is 1. The highest BCUT2D eigenvalue weighted by Gasteiger charge is 2.45. The fraction of sp³-hybridized carbons (Fsp3) is 0.538. The van der Waals surface area contributed by atoms with Crippen LogP contribution in [0.5, 0.6) is 0 Å². The molecule has 2 atom stereocenters. The van der Waals surface area contributed by atoms with Gasteiger partial charge in [-0.3, -0.25) is 9.59 Å². The molecule has 1 N–H and O–H groups in total. The number of likely N-dealkylation sites (tertiary alicyclic amines) is 1. The first-order valence-electron chi connectivity index (χ1n) is 6.20. The molecule has 2 heterocycles. The van der Waals surface area contributed by atoms with Gasteiger partial charge in [-0.05, 0) is 25.8 Å². The summed E-state index contributed by atoms with van der Waals surface area (Å²) < 4.78 is 0. The van der Waals surface area contributed by atoms with Crippen LogP contribution >= 0.6 is 0 Å². The van der Waals surface area contributed by atoms with Crippen LogP contribution in [-0.4, -0.2) is 41.8 Å². The maximum Gasteiger partial charge on any atom is 0.250 e. The molecular weight excluding hydrogens is 216 g/mol. The molecule has 1 aliphatic carbocycles. The van der Waals surface area contributed by atoms with Crippen LogP contribution in [0.1, 0.15) is 19.3 Å². The van der Waals surface area contributed by atoms with Crippen molar-refractivity contribution < 1.29 is 9.59 Å². The highest BCUT2D eigenvalue weighted by Crippen LogP contribution is 2.26. The third-order valence-corrected chi connectivity index (χ3v) is 3.81. The molecule has 4 nitrogen and oxygen atoms in total. The number of nitrogens with zero attached hydrogens (tertiary/aromatic N) is 1. The van der Waals surface area contributed by atoms with Crippen LogP contribution in [0, 0.1) is 0 Å². The number of allylic oxidation sites excluding steroid dienone is 3. The topological polar surface area (TPSA) is 49.4 Å². The van der Waals surface area contributed by atoms with E-state index in [1.165, 1.54) is 0 Å². The Morgan fingerprint density at radius 3 is 3.12 bits per heavy atom. The van der Waals surface area contributed by atoms with E-state index in [9.17, 15) is 9.59 Å². The number of carbonyl (C=O) groups excluding carboxylic acids is 2. The van der Waals surface area contributed by atoms with Crippen molar-refractivity contribution in [2.24, 2.45) is 0 Å². The normalized spacial score (nSPS) is 31.6. The molecule has 0 radical (unpaired) electrons. The van der Waals surface area contributed by atoms with Gasteiger partial charge < -0.3 is 10.2 Å². The number of nitrogens with one attached hydrogen (secondary N) is 1. The summed E-state index contributed by atoms with van der Waals surface area (Å²) in [5, 5.41) is 3.18. The number of ketones is 1. The van der Waals surface area contributed by atoms with E-state index in [0.717, 1.165) is 31.4 Å². The van der Waals surface area contributed by atoms with Gasteiger partial charge in [0.1, 0.15) is 0 Å². The molecule has 0 aromatic heterocycles. The van der Waals surface area contributed by atoms with Crippen molar-refractivity contribution >= 4 is 11.7 Å². The maximum atomic E-state index is 12.3. The zero-order chi connectivity index (χ0) is 11.8. The van der Waals surface area contributed by atoms with Crippen LogP contribution in [-0.2, 0) is 9.59 Å². The third-order valence-electron chi connectivity index (χ3n) is 3.81. The van der Waals surface area contributed by atoms with Gasteiger partial charge in [0.15, 0.2) is 5.78 Å². The lowest BCUT2D eigenvalue weighted by atomic mass is 10.0. The monoisotopic (exact) mass is 232 g/mol. The van der Waals surface area contributed by atoms with E-state index in [0.29, 0.717) is 0 Å². The average molecular weight is 232 g/mol. The molecule has 2 aliphatic heterocycles. The first-order chi connectivity index (χ1) is 8.27. The fourth-order valence-corrected chi connectivity index (χ4v) is 2.92. The Kier molecular flexibility index (Phi) is 2.59. The zero-order valence-electron chi connectivity index (χ0n) is 9.69. The Labute approximate surface area is 100 Å². The van der Waals surface area contributed by atoms with Crippen molar-refractivity contribution in [1.82, 2.24) is 10.2 Å². The second-order valence-electron chi connectivity index (χ2n) is 4.85. The summed E-state index contributed by atoms with van der Waals surface area (Å²) in [6.07, 6.45) is 8.48. The minimum Gasteiger partial charge on any atom is -0.326 e. The number of amides is 1. The molecule has 2 fully saturated rings. The molecule has 1 amide bonds. The van der Waals surface area contributed by atoms with Gasteiger partial charge in [0.05, 0.1) is 18.6 Å². The van der Waals surface area contributed by atoms with Crippen molar-refractivity contribution in [3.8, 4) is 0 Å². The highest BCUT2D eigenvalue weighted by atomic mass is 16.2. The van der Waals surface area contributed by atoms with E-state index < -0.39 is 0 Å². The molecule has 0 aromatic rings. The Balaban J connectivity index is 1.80. The van der Waals surface area contributed by atoms with Crippen LogP contribution < -0.4 is 5.32 Å². The highest BCUT2D eigenvalue weighted by molar-refractivity contribution is 6.01. The van der Waals surface area contributed by atoms with Crippen LogP contribution in [0.15, 0.2) is 23.8 Å². The first-order valence-corrected chi connectivity index (χ1v) is 6.20. The van der Waals surface area contributed by atoms with E-state index in [4.69, 9.17) is 0 Å². The van der Waals surface area contributed by atoms with Crippen molar-refractivity contribution in [2.45, 2.75) is 31.3 Å². The minimum absolute atomic E-state index is 0.0545. The lowest BCUT2D eigenvalue weighted by molar-refractivity contribution is -0.129. The summed E-state index contributed by atoms with van der Waals surface area (Å²) >= 11 is 0. The summed E-state index contributed by atoms with van der Waals surface area (Å²) in [6, 6.07) is -0.0273. The molecule has 3 aliphatic rings. The van der Waals surface area contributed by atoms with Crippen LogP contribution in [0.2, 0.25) is 0 Å². The molecule has 0 aromatic carbocycles. The number of hydrogen-bond acceptors (Lipinski definition) is 3. The molecule has 0 saturated carbocycles. The Hall–Kier alpha value is -1.42. The third kappa shape index (κ3) is 1.72. The van der Waals surface area contributed by atoms with Crippen molar-refractivity contribution in [2.75, 3.05) is 13.1 Å². The number of carbonyl (C=O) groups is 2. The molecule has 2 saturated heterocycles. The Morgan fingerprint density at radius 1 is 1.47 bits per heavy atom. The van der Waals surface area contributed by atoms with Gasteiger partial charge in [0.2, 0.25) is 0 Å². The Bertz CT molecular complexity index is 425. The molecule has 4 heteroatoms. The molecule has 0 unspecified atom stereocenters. The standard InChI is InChI=1S/C13H16N2O2/c16-11-8-15(10-6-7-14-12(10)11)13(17)9-4-2-1-3-5-9/h1-2,4,10,12,14H,3,5-8H2/t10-,12+/m1/s1. The van der Waals surface area contributed by atoms with Crippen molar-refractivity contribution in [3.05, 3.63) is 23.8 Å². The largest absolute Gasteiger partial charge is 0.326 e. The first kappa shape index (κ1) is 10.7. The maximum absolute atomic E-state index is 12.3. The average Bonchev–Trinajstić information content (AvgIpc) is 2.94. The van der Waals surface area contributed by atoms with Crippen LogP contribution in [0.25, 0.3) is 0 Å². The Morgan fingerprint density at radius 2 is 2.35 bits per heavy atom. The molecule has 3 rings (SSSR count). The molecule has 0 spiro atoms. The van der Waals surface area contributed by atoms with Gasteiger partial charge in [0, 0.05) is 5.57 Å². The molecule has 90 valence electrons. The van der Waals surface area contributed by atoms with Gasteiger partial charge >= 0.3 is 0 Å². The van der Waals surface area contributed by atoms with Crippen molar-refractivity contribution in [1.29, 1.82) is 0 Å². The lowest BCUT2D eigenvalue weighted by Crippen LogP contribution is -2.39. The SMILES string of the molecule is O=C1CN(C(=O)C2=CC=CCC2)[C@@H]2CCN[C@H]12. The number of Topliss-reactive ketones (excluding diaryl/α,β-unsaturated/α-hetero) is 1. The van der Waals surface area contributed by atoms with Gasteiger partial charge in [-0.15, -0.1) is 0 Å². The quantitative estimate of drug-likeness (QED) is 0.712. The summed E-state index contributed by atoms with van der Waals surface area (Å²) in [5.74, 6) is 0.215. The second-order valence-corrected chi connectivity index (χ2v) is 4.85. The van der Waals surface area contributed by atoms with E-state index in [2.05, 4.69) is 11.4 Å². The summed E-state index contributed by atoms with van der Waals surface area (Å²) in [5.41, 5.74) is 0.841. The fourth-order valence-electron chi connectivity index (χ4n) is 2.92. The lowest BCUT2D eigenvalue weighted by Gasteiger charge is -2.24. The number of hydrogen-bond donors (Lipinski definition) is 1. The summed E-state index contributed by atoms with van der Waals surface area (Å²) in [6.45, 7) is 1.12. The molecule has 0 bridgehead atoms. The van der Waals surface area contributed by atoms with Crippen LogP contribution in [0.4, 0.5) is 0 Å². The van der Waals surface area contributed by atoms with Gasteiger partial charge in [-0.25, -0.2) is 0 Å². The van der Waals surface area contributed by atoms with Gasteiger partial charge in [0.25, 0.3) is 5.91 Å². The second kappa shape index (κ2) is 4.11. The number of rotatable bonds is 1. The van der Waals surface area contributed by atoms with Gasteiger partial charge in [-0.1, -0.05) is 18.2 Å². The molecule has 17 heavy (non-hydrogen) atoms. The van der Waals surface area contributed by atoms with Crippen molar-refractivity contribution in [3.63, 3.8) is 0 Å². The van der Waals surface area contributed by atoms with E-state index in [1.54, 1.807) is 4.90 Å². The predicted molar refractivity (Wildman–Crippen MR) is 63.4 cm³/mol. The van der Waals surface area contributed by atoms with E-state index in [-0.39, 0.29) is 30.3 Å². The smallest absolute Gasteiger partial charge is 0.250 e. The minimum atomic E-state index is -0.112. The molecular formula is C13H16N2O2. The van der Waals surface area contributed by atoms with Gasteiger partial charge in [-0.2, -0.15) is 0 Å². The predicted octanol–water partition coefficient (Wildman–Crippen LogP) is 0.405. The van der Waals surface area contributed by atoms with Crippen LogP contribution in [0.3, 0.4) is 0 Å². The zero-order valence-corrected chi connectivity index (χ0v) is 9.69. The summed E-state index contributed by atoms with van der Waals surface area (Å²) in [4.78, 5) is 25.9.